The highest BCUT2D eigenvalue weighted by Gasteiger charge is 2.19. The van der Waals surface area contributed by atoms with Gasteiger partial charge in [0.25, 0.3) is 0 Å². The van der Waals surface area contributed by atoms with Crippen LogP contribution in [0.4, 0.5) is 0 Å². The first-order valence-corrected chi connectivity index (χ1v) is 6.36. The van der Waals surface area contributed by atoms with Gasteiger partial charge in [0.1, 0.15) is 5.92 Å². The Kier molecular flexibility index (Phi) is 10.1. The van der Waals surface area contributed by atoms with Crippen molar-refractivity contribution in [1.29, 1.82) is 21.0 Å². The van der Waals surface area contributed by atoms with Crippen LogP contribution in [0, 0.1) is 57.2 Å². The normalized spacial score (nSPS) is 10.9. The summed E-state index contributed by atoms with van der Waals surface area (Å²) in [7, 11) is 0. The molecular formula is C14H18N4. The minimum Gasteiger partial charge on any atom is -0.198 e. The molecule has 94 valence electrons. The van der Waals surface area contributed by atoms with Crippen molar-refractivity contribution in [2.24, 2.45) is 11.8 Å². The van der Waals surface area contributed by atoms with Crippen LogP contribution in [-0.2, 0) is 0 Å². The molecule has 0 heterocycles. The van der Waals surface area contributed by atoms with Gasteiger partial charge >= 0.3 is 0 Å². The smallest absolute Gasteiger partial charge is 0.149 e. The molecule has 0 aliphatic rings. The lowest BCUT2D eigenvalue weighted by Crippen LogP contribution is -2.09. The Bertz CT molecular complexity index is 361. The summed E-state index contributed by atoms with van der Waals surface area (Å²) in [5.41, 5.74) is 0. The van der Waals surface area contributed by atoms with Gasteiger partial charge in [-0.25, -0.2) is 0 Å². The van der Waals surface area contributed by atoms with Crippen LogP contribution in [0.3, 0.4) is 0 Å². The third-order valence-corrected chi connectivity index (χ3v) is 2.90. The zero-order valence-corrected chi connectivity index (χ0v) is 10.6. The molecule has 4 nitrogen and oxygen atoms in total. The molecule has 1 atom stereocenters. The van der Waals surface area contributed by atoms with E-state index in [0.717, 1.165) is 38.5 Å². The average molecular weight is 242 g/mol. The lowest BCUT2D eigenvalue weighted by molar-refractivity contribution is 0.490. The van der Waals surface area contributed by atoms with E-state index < -0.39 is 11.8 Å². The highest BCUT2D eigenvalue weighted by Crippen LogP contribution is 2.18. The maximum absolute atomic E-state index is 8.88. The summed E-state index contributed by atoms with van der Waals surface area (Å²) in [6.45, 7) is 0. The summed E-state index contributed by atoms with van der Waals surface area (Å²) < 4.78 is 0. The van der Waals surface area contributed by atoms with E-state index in [1.165, 1.54) is 0 Å². The first-order valence-electron chi connectivity index (χ1n) is 6.36. The van der Waals surface area contributed by atoms with Crippen molar-refractivity contribution in [3.05, 3.63) is 0 Å². The molecule has 0 aromatic heterocycles. The molecule has 0 aromatic rings. The van der Waals surface area contributed by atoms with Gasteiger partial charge in [0.15, 0.2) is 0 Å². The number of nitrogens with zero attached hydrogens (tertiary/aromatic N) is 4. The van der Waals surface area contributed by atoms with Gasteiger partial charge in [0.05, 0.1) is 30.2 Å². The number of unbranched alkanes of at least 4 members (excludes halogenated alkanes) is 6. The van der Waals surface area contributed by atoms with E-state index in [1.807, 2.05) is 18.2 Å². The molecular weight excluding hydrogens is 224 g/mol. The zero-order valence-electron chi connectivity index (χ0n) is 10.6. The zero-order chi connectivity index (χ0) is 13.6. The Balaban J connectivity index is 3.60. The Morgan fingerprint density at radius 1 is 0.667 bits per heavy atom. The standard InChI is InChI=1S/C14H18N4/c15-9-7-5-3-1-2-4-6-8-13(10-16)14(11-17)12-18/h13-14H,1-8H2. The maximum Gasteiger partial charge on any atom is 0.149 e. The summed E-state index contributed by atoms with van der Waals surface area (Å²) in [4.78, 5) is 0. The van der Waals surface area contributed by atoms with Crippen LogP contribution in [0.1, 0.15) is 51.4 Å². The molecule has 0 amide bonds. The summed E-state index contributed by atoms with van der Waals surface area (Å²) >= 11 is 0. The fourth-order valence-electron chi connectivity index (χ4n) is 1.79. The van der Waals surface area contributed by atoms with Crippen molar-refractivity contribution < 1.29 is 0 Å². The van der Waals surface area contributed by atoms with E-state index >= 15 is 0 Å². The van der Waals surface area contributed by atoms with Crippen LogP contribution in [-0.4, -0.2) is 0 Å². The molecule has 0 bridgehead atoms. The Hall–Kier alpha value is -2.04. The van der Waals surface area contributed by atoms with Crippen LogP contribution >= 0.6 is 0 Å². The van der Waals surface area contributed by atoms with Gasteiger partial charge < -0.3 is 0 Å². The highest BCUT2D eigenvalue weighted by molar-refractivity contribution is 5.08. The van der Waals surface area contributed by atoms with E-state index in [0.29, 0.717) is 12.8 Å². The van der Waals surface area contributed by atoms with E-state index in [4.69, 9.17) is 21.0 Å². The Morgan fingerprint density at radius 2 is 1.22 bits per heavy atom. The fraction of sp³-hybridized carbons (Fsp3) is 0.714. The van der Waals surface area contributed by atoms with E-state index in [1.54, 1.807) is 0 Å². The quantitative estimate of drug-likeness (QED) is 0.578. The molecule has 0 spiro atoms. The molecule has 0 saturated heterocycles. The number of nitriles is 4. The van der Waals surface area contributed by atoms with Gasteiger partial charge in [0.2, 0.25) is 0 Å². The van der Waals surface area contributed by atoms with Crippen molar-refractivity contribution >= 4 is 0 Å². The van der Waals surface area contributed by atoms with Crippen molar-refractivity contribution in [3.8, 4) is 24.3 Å². The second kappa shape index (κ2) is 11.4. The summed E-state index contributed by atoms with van der Waals surface area (Å²) in [6, 6.07) is 7.89. The molecule has 4 heteroatoms. The van der Waals surface area contributed by atoms with Gasteiger partial charge in [-0.3, -0.25) is 0 Å². The van der Waals surface area contributed by atoms with Crippen molar-refractivity contribution in [1.82, 2.24) is 0 Å². The van der Waals surface area contributed by atoms with E-state index in [2.05, 4.69) is 6.07 Å². The molecule has 0 aliphatic heterocycles. The monoisotopic (exact) mass is 242 g/mol. The topological polar surface area (TPSA) is 95.2 Å². The van der Waals surface area contributed by atoms with Gasteiger partial charge in [-0.1, -0.05) is 32.1 Å². The fourth-order valence-corrected chi connectivity index (χ4v) is 1.79. The lowest BCUT2D eigenvalue weighted by atomic mass is 9.90. The van der Waals surface area contributed by atoms with Crippen LogP contribution in [0.15, 0.2) is 0 Å². The molecule has 0 N–H and O–H groups in total. The highest BCUT2D eigenvalue weighted by atomic mass is 14.4. The summed E-state index contributed by atoms with van der Waals surface area (Å²) in [6.07, 6.45) is 7.40. The molecule has 0 saturated carbocycles. The number of rotatable bonds is 9. The summed E-state index contributed by atoms with van der Waals surface area (Å²) in [5.74, 6) is -1.26. The third kappa shape index (κ3) is 7.27. The average Bonchev–Trinajstić information content (AvgIpc) is 2.40. The second-order valence-electron chi connectivity index (χ2n) is 4.29. The maximum atomic E-state index is 8.88. The molecule has 0 aromatic carbocycles. The molecule has 0 rings (SSSR count). The van der Waals surface area contributed by atoms with E-state index in [9.17, 15) is 0 Å². The summed E-state index contributed by atoms with van der Waals surface area (Å²) in [5, 5.41) is 34.6. The first kappa shape index (κ1) is 16.0. The molecule has 0 fully saturated rings. The van der Waals surface area contributed by atoms with Crippen molar-refractivity contribution in [3.63, 3.8) is 0 Å². The second-order valence-corrected chi connectivity index (χ2v) is 4.29. The largest absolute Gasteiger partial charge is 0.198 e. The van der Waals surface area contributed by atoms with E-state index in [-0.39, 0.29) is 0 Å². The van der Waals surface area contributed by atoms with Gasteiger partial charge in [-0.15, -0.1) is 0 Å². The third-order valence-electron chi connectivity index (χ3n) is 2.90. The van der Waals surface area contributed by atoms with Crippen molar-refractivity contribution in [2.45, 2.75) is 51.4 Å². The van der Waals surface area contributed by atoms with Crippen molar-refractivity contribution in [2.75, 3.05) is 0 Å². The molecule has 18 heavy (non-hydrogen) atoms. The van der Waals surface area contributed by atoms with Gasteiger partial charge in [-0.2, -0.15) is 21.0 Å². The minimum atomic E-state index is -0.800. The molecule has 1 unspecified atom stereocenters. The predicted molar refractivity (Wildman–Crippen MR) is 66.4 cm³/mol. The van der Waals surface area contributed by atoms with Gasteiger partial charge in [0, 0.05) is 6.42 Å². The number of hydrogen-bond acceptors (Lipinski definition) is 4. The Labute approximate surface area is 109 Å². The number of hydrogen-bond donors (Lipinski definition) is 0. The lowest BCUT2D eigenvalue weighted by Gasteiger charge is -2.08. The van der Waals surface area contributed by atoms with Crippen LogP contribution in [0.2, 0.25) is 0 Å². The predicted octanol–water partition coefficient (Wildman–Crippen LogP) is 3.43. The Morgan fingerprint density at radius 3 is 1.72 bits per heavy atom. The SMILES string of the molecule is N#CCCCCCCCCC(C#N)C(C#N)C#N. The minimum absolute atomic E-state index is 0.460. The first-order chi connectivity index (χ1) is 8.79. The van der Waals surface area contributed by atoms with Crippen LogP contribution < -0.4 is 0 Å². The van der Waals surface area contributed by atoms with Gasteiger partial charge in [-0.05, 0) is 12.8 Å². The molecule has 0 radical (unpaired) electrons. The van der Waals surface area contributed by atoms with Crippen LogP contribution in [0.25, 0.3) is 0 Å². The molecule has 0 aliphatic carbocycles. The van der Waals surface area contributed by atoms with Crippen LogP contribution in [0.5, 0.6) is 0 Å².